The van der Waals surface area contributed by atoms with Crippen molar-refractivity contribution < 1.29 is 9.59 Å². The first-order valence-corrected chi connectivity index (χ1v) is 12.5. The summed E-state index contributed by atoms with van der Waals surface area (Å²) >= 11 is 0. The Balaban J connectivity index is 1.33. The monoisotopic (exact) mass is 470 g/mol. The zero-order valence-corrected chi connectivity index (χ0v) is 20.5. The predicted octanol–water partition coefficient (Wildman–Crippen LogP) is 4.55. The topological polar surface area (TPSA) is 65.5 Å². The SMILES string of the molecule is CN(C(=O)c1cccc(Cc2cccc(C(=O)NCCCN3CCCCC3)c2)c1)c1ccncc1. The van der Waals surface area contributed by atoms with E-state index in [0.29, 0.717) is 24.1 Å². The summed E-state index contributed by atoms with van der Waals surface area (Å²) in [5, 5.41) is 3.06. The first-order chi connectivity index (χ1) is 17.1. The molecule has 2 amide bonds. The Kier molecular flexibility index (Phi) is 8.63. The minimum Gasteiger partial charge on any atom is -0.352 e. The fourth-order valence-corrected chi connectivity index (χ4v) is 4.54. The van der Waals surface area contributed by atoms with Gasteiger partial charge in [-0.25, -0.2) is 0 Å². The second-order valence-corrected chi connectivity index (χ2v) is 9.16. The molecule has 1 aliphatic rings. The summed E-state index contributed by atoms with van der Waals surface area (Å²) in [6.45, 7) is 4.10. The smallest absolute Gasteiger partial charge is 0.258 e. The average molecular weight is 471 g/mol. The number of carbonyl (C=O) groups excluding carboxylic acids is 2. The van der Waals surface area contributed by atoms with Gasteiger partial charge < -0.3 is 15.1 Å². The van der Waals surface area contributed by atoms with E-state index in [0.717, 1.165) is 29.8 Å². The molecule has 2 heterocycles. The van der Waals surface area contributed by atoms with Crippen LogP contribution in [0.25, 0.3) is 0 Å². The zero-order valence-electron chi connectivity index (χ0n) is 20.5. The van der Waals surface area contributed by atoms with Crippen LogP contribution in [0.15, 0.2) is 73.1 Å². The first-order valence-electron chi connectivity index (χ1n) is 12.5. The van der Waals surface area contributed by atoms with Crippen molar-refractivity contribution in [3.05, 3.63) is 95.3 Å². The van der Waals surface area contributed by atoms with E-state index in [1.807, 2.05) is 60.7 Å². The molecule has 1 saturated heterocycles. The van der Waals surface area contributed by atoms with Gasteiger partial charge in [-0.15, -0.1) is 0 Å². The van der Waals surface area contributed by atoms with Crippen LogP contribution in [0.4, 0.5) is 5.69 Å². The maximum absolute atomic E-state index is 13.0. The van der Waals surface area contributed by atoms with Gasteiger partial charge >= 0.3 is 0 Å². The van der Waals surface area contributed by atoms with Crippen LogP contribution in [-0.4, -0.2) is 54.9 Å². The summed E-state index contributed by atoms with van der Waals surface area (Å²) in [4.78, 5) is 33.8. The molecule has 3 aromatic rings. The number of hydrogen-bond acceptors (Lipinski definition) is 4. The Morgan fingerprint density at radius 1 is 0.914 bits per heavy atom. The van der Waals surface area contributed by atoms with E-state index in [4.69, 9.17) is 0 Å². The number of benzene rings is 2. The number of anilines is 1. The predicted molar refractivity (Wildman–Crippen MR) is 140 cm³/mol. The fraction of sp³-hybridized carbons (Fsp3) is 0.345. The molecule has 35 heavy (non-hydrogen) atoms. The van der Waals surface area contributed by atoms with Crippen LogP contribution in [-0.2, 0) is 6.42 Å². The Bertz CT molecular complexity index is 1130. The van der Waals surface area contributed by atoms with E-state index in [-0.39, 0.29) is 11.8 Å². The lowest BCUT2D eigenvalue weighted by atomic mass is 10.0. The van der Waals surface area contributed by atoms with Gasteiger partial charge in [-0.2, -0.15) is 0 Å². The van der Waals surface area contributed by atoms with E-state index in [2.05, 4.69) is 15.2 Å². The summed E-state index contributed by atoms with van der Waals surface area (Å²) < 4.78 is 0. The van der Waals surface area contributed by atoms with Gasteiger partial charge in [0.25, 0.3) is 11.8 Å². The first kappa shape index (κ1) is 24.6. The minimum atomic E-state index is -0.0734. The number of aromatic nitrogens is 1. The second kappa shape index (κ2) is 12.3. The molecular weight excluding hydrogens is 436 g/mol. The van der Waals surface area contributed by atoms with Crippen LogP contribution in [0.1, 0.15) is 57.5 Å². The molecule has 0 bridgehead atoms. The number of likely N-dealkylation sites (tertiary alicyclic amines) is 1. The Hall–Kier alpha value is -3.51. The maximum Gasteiger partial charge on any atom is 0.258 e. The van der Waals surface area contributed by atoms with Crippen LogP contribution in [0.3, 0.4) is 0 Å². The molecular formula is C29H34N4O2. The van der Waals surface area contributed by atoms with Gasteiger partial charge in [0.05, 0.1) is 0 Å². The highest BCUT2D eigenvalue weighted by molar-refractivity contribution is 6.05. The van der Waals surface area contributed by atoms with Gasteiger partial charge in [-0.05, 0) is 92.8 Å². The third-order valence-electron chi connectivity index (χ3n) is 6.51. The van der Waals surface area contributed by atoms with Gasteiger partial charge in [0, 0.05) is 42.8 Å². The Labute approximate surface area is 208 Å². The van der Waals surface area contributed by atoms with Gasteiger partial charge in [-0.3, -0.25) is 14.6 Å². The number of pyridine rings is 1. The van der Waals surface area contributed by atoms with Crippen LogP contribution >= 0.6 is 0 Å². The molecule has 1 fully saturated rings. The van der Waals surface area contributed by atoms with Crippen LogP contribution in [0.2, 0.25) is 0 Å². The molecule has 0 spiro atoms. The highest BCUT2D eigenvalue weighted by atomic mass is 16.2. The second-order valence-electron chi connectivity index (χ2n) is 9.16. The normalized spacial score (nSPS) is 13.9. The third-order valence-corrected chi connectivity index (χ3v) is 6.51. The summed E-state index contributed by atoms with van der Waals surface area (Å²) in [5.74, 6) is -0.107. The van der Waals surface area contributed by atoms with Crippen molar-refractivity contribution in [1.82, 2.24) is 15.2 Å². The number of hydrogen-bond donors (Lipinski definition) is 1. The number of amides is 2. The van der Waals surface area contributed by atoms with Crippen molar-refractivity contribution in [2.24, 2.45) is 0 Å². The average Bonchev–Trinajstić information content (AvgIpc) is 2.91. The van der Waals surface area contributed by atoms with Gasteiger partial charge in [-0.1, -0.05) is 30.7 Å². The zero-order chi connectivity index (χ0) is 24.5. The molecule has 0 atom stereocenters. The molecule has 0 radical (unpaired) electrons. The molecule has 1 aliphatic heterocycles. The third kappa shape index (κ3) is 6.99. The molecule has 6 nitrogen and oxygen atoms in total. The number of piperidine rings is 1. The molecule has 1 N–H and O–H groups in total. The highest BCUT2D eigenvalue weighted by Gasteiger charge is 2.14. The summed E-state index contributed by atoms with van der Waals surface area (Å²) in [6, 6.07) is 19.0. The van der Waals surface area contributed by atoms with E-state index in [1.54, 1.807) is 24.3 Å². The van der Waals surface area contributed by atoms with E-state index >= 15 is 0 Å². The quantitative estimate of drug-likeness (QED) is 0.466. The minimum absolute atomic E-state index is 0.0339. The summed E-state index contributed by atoms with van der Waals surface area (Å²) in [6.07, 6.45) is 8.89. The number of rotatable bonds is 9. The van der Waals surface area contributed by atoms with Gasteiger partial charge in [0.1, 0.15) is 0 Å². The van der Waals surface area contributed by atoms with Crippen molar-refractivity contribution in [3.8, 4) is 0 Å². The van der Waals surface area contributed by atoms with Crippen molar-refractivity contribution in [1.29, 1.82) is 0 Å². The van der Waals surface area contributed by atoms with Crippen LogP contribution in [0, 0.1) is 0 Å². The van der Waals surface area contributed by atoms with Crippen molar-refractivity contribution in [3.63, 3.8) is 0 Å². The molecule has 0 aliphatic carbocycles. The van der Waals surface area contributed by atoms with E-state index < -0.39 is 0 Å². The molecule has 2 aromatic carbocycles. The number of nitrogens with zero attached hydrogens (tertiary/aromatic N) is 3. The van der Waals surface area contributed by atoms with Crippen molar-refractivity contribution in [2.75, 3.05) is 38.1 Å². The lowest BCUT2D eigenvalue weighted by Crippen LogP contribution is -2.33. The maximum atomic E-state index is 13.0. The Morgan fingerprint density at radius 3 is 2.29 bits per heavy atom. The van der Waals surface area contributed by atoms with E-state index in [1.165, 1.54) is 32.4 Å². The summed E-state index contributed by atoms with van der Waals surface area (Å²) in [7, 11) is 1.76. The summed E-state index contributed by atoms with van der Waals surface area (Å²) in [5.41, 5.74) is 4.16. The van der Waals surface area contributed by atoms with Crippen molar-refractivity contribution in [2.45, 2.75) is 32.1 Å². The molecule has 1 aromatic heterocycles. The Morgan fingerprint density at radius 2 is 1.57 bits per heavy atom. The largest absolute Gasteiger partial charge is 0.352 e. The van der Waals surface area contributed by atoms with E-state index in [9.17, 15) is 9.59 Å². The molecule has 0 saturated carbocycles. The molecule has 4 rings (SSSR count). The highest BCUT2D eigenvalue weighted by Crippen LogP contribution is 2.17. The van der Waals surface area contributed by atoms with Crippen LogP contribution in [0.5, 0.6) is 0 Å². The standard InChI is InChI=1S/C29H34N4O2/c1-32(27-12-15-30-16-13-27)29(35)26-11-6-9-24(22-26)20-23-8-5-10-25(21-23)28(34)31-14-7-19-33-17-3-2-4-18-33/h5-6,8-13,15-16,21-22H,2-4,7,14,17-20H2,1H3,(H,31,34). The lowest BCUT2D eigenvalue weighted by molar-refractivity contribution is 0.0949. The fourth-order valence-electron chi connectivity index (χ4n) is 4.54. The number of nitrogens with one attached hydrogen (secondary N) is 1. The number of carbonyl (C=O) groups is 2. The van der Waals surface area contributed by atoms with Crippen molar-refractivity contribution >= 4 is 17.5 Å². The molecule has 182 valence electrons. The van der Waals surface area contributed by atoms with Crippen LogP contribution < -0.4 is 10.2 Å². The van der Waals surface area contributed by atoms with Gasteiger partial charge in [0.15, 0.2) is 0 Å². The lowest BCUT2D eigenvalue weighted by Gasteiger charge is -2.26. The van der Waals surface area contributed by atoms with Gasteiger partial charge in [0.2, 0.25) is 0 Å². The molecule has 6 heteroatoms. The molecule has 0 unspecified atom stereocenters.